The molecule has 0 bridgehead atoms. The molecule has 0 saturated carbocycles. The van der Waals surface area contributed by atoms with Crippen molar-refractivity contribution in [3.63, 3.8) is 0 Å². The molecule has 0 atom stereocenters. The van der Waals surface area contributed by atoms with Crippen LogP contribution in [0.4, 0.5) is 0 Å². The van der Waals surface area contributed by atoms with Gasteiger partial charge in [-0.05, 0) is 25.8 Å². The van der Waals surface area contributed by atoms with E-state index >= 15 is 0 Å². The SMILES string of the molecule is C=C(/C=C(\C=C(/C)CC)C(=O)CC)CC.CC. The molecule has 1 heteroatoms. The Bertz CT molecular complexity index is 293. The normalized spacial score (nSPS) is 11.6. The van der Waals surface area contributed by atoms with Crippen LogP contribution in [0, 0.1) is 0 Å². The van der Waals surface area contributed by atoms with Gasteiger partial charge in [-0.15, -0.1) is 0 Å². The second-order valence-corrected chi connectivity index (χ2v) is 3.73. The van der Waals surface area contributed by atoms with Crippen LogP contribution in [0.15, 0.2) is 35.5 Å². The minimum atomic E-state index is 0.192. The van der Waals surface area contributed by atoms with Crippen molar-refractivity contribution < 1.29 is 4.79 Å². The highest BCUT2D eigenvalue weighted by atomic mass is 16.1. The first-order valence-electron chi connectivity index (χ1n) is 6.64. The number of ketones is 1. The third kappa shape index (κ3) is 8.67. The topological polar surface area (TPSA) is 17.1 Å². The molecule has 0 aliphatic heterocycles. The highest BCUT2D eigenvalue weighted by Crippen LogP contribution is 2.12. The van der Waals surface area contributed by atoms with E-state index in [1.165, 1.54) is 5.57 Å². The predicted octanol–water partition coefficient (Wildman–Crippen LogP) is 5.24. The van der Waals surface area contributed by atoms with Crippen LogP contribution in [-0.4, -0.2) is 5.78 Å². The summed E-state index contributed by atoms with van der Waals surface area (Å²) in [5.41, 5.74) is 3.03. The van der Waals surface area contributed by atoms with Gasteiger partial charge in [-0.25, -0.2) is 0 Å². The van der Waals surface area contributed by atoms with Gasteiger partial charge in [-0.3, -0.25) is 4.79 Å². The molecule has 0 radical (unpaired) electrons. The van der Waals surface area contributed by atoms with E-state index in [0.29, 0.717) is 6.42 Å². The molecule has 0 aromatic carbocycles. The van der Waals surface area contributed by atoms with E-state index in [1.807, 2.05) is 46.8 Å². The maximum atomic E-state index is 11.7. The number of hydrogen-bond donors (Lipinski definition) is 0. The summed E-state index contributed by atoms with van der Waals surface area (Å²) >= 11 is 0. The lowest BCUT2D eigenvalue weighted by molar-refractivity contribution is -0.115. The Morgan fingerprint density at radius 2 is 1.53 bits per heavy atom. The summed E-state index contributed by atoms with van der Waals surface area (Å²) in [4.78, 5) is 11.7. The summed E-state index contributed by atoms with van der Waals surface area (Å²) in [7, 11) is 0. The summed E-state index contributed by atoms with van der Waals surface area (Å²) in [5, 5.41) is 0. The van der Waals surface area contributed by atoms with Gasteiger partial charge in [0.25, 0.3) is 0 Å². The Labute approximate surface area is 107 Å². The molecule has 0 fully saturated rings. The Morgan fingerprint density at radius 1 is 1.00 bits per heavy atom. The lowest BCUT2D eigenvalue weighted by Crippen LogP contribution is -1.99. The van der Waals surface area contributed by atoms with Crippen LogP contribution in [0.2, 0.25) is 0 Å². The number of carbonyl (C=O) groups is 1. The average Bonchev–Trinajstić information content (AvgIpc) is 2.38. The molecule has 0 saturated heterocycles. The number of allylic oxidation sites excluding steroid dienone is 5. The molecule has 0 aromatic heterocycles. The van der Waals surface area contributed by atoms with Gasteiger partial charge in [-0.2, -0.15) is 0 Å². The maximum Gasteiger partial charge on any atom is 0.162 e. The van der Waals surface area contributed by atoms with Crippen molar-refractivity contribution in [2.45, 2.75) is 60.8 Å². The number of rotatable bonds is 6. The van der Waals surface area contributed by atoms with Crippen molar-refractivity contribution >= 4 is 5.78 Å². The third-order valence-electron chi connectivity index (χ3n) is 2.42. The molecule has 0 aliphatic carbocycles. The molecular weight excluding hydrogens is 208 g/mol. The zero-order valence-corrected chi connectivity index (χ0v) is 12.4. The average molecular weight is 236 g/mol. The van der Waals surface area contributed by atoms with E-state index in [1.54, 1.807) is 0 Å². The summed E-state index contributed by atoms with van der Waals surface area (Å²) in [5.74, 6) is 0.192. The van der Waals surface area contributed by atoms with Crippen molar-refractivity contribution in [3.05, 3.63) is 35.5 Å². The van der Waals surface area contributed by atoms with Gasteiger partial charge in [0, 0.05) is 12.0 Å². The van der Waals surface area contributed by atoms with Crippen molar-refractivity contribution in [3.8, 4) is 0 Å². The first-order valence-corrected chi connectivity index (χ1v) is 6.64. The fraction of sp³-hybridized carbons (Fsp3) is 0.562. The molecule has 0 N–H and O–H groups in total. The van der Waals surface area contributed by atoms with Crippen molar-refractivity contribution in [1.82, 2.24) is 0 Å². The Balaban J connectivity index is 0. The molecule has 98 valence electrons. The summed E-state index contributed by atoms with van der Waals surface area (Å²) in [6.07, 6.45) is 6.31. The minimum absolute atomic E-state index is 0.192. The highest BCUT2D eigenvalue weighted by Gasteiger charge is 2.04. The van der Waals surface area contributed by atoms with Gasteiger partial charge in [0.15, 0.2) is 5.78 Å². The van der Waals surface area contributed by atoms with Crippen LogP contribution in [0.1, 0.15) is 60.8 Å². The lowest BCUT2D eigenvalue weighted by Gasteiger charge is -2.03. The Hall–Kier alpha value is -1.11. The number of carbonyl (C=O) groups excluding carboxylic acids is 1. The number of hydrogen-bond acceptors (Lipinski definition) is 1. The van der Waals surface area contributed by atoms with Crippen molar-refractivity contribution in [1.29, 1.82) is 0 Å². The molecule has 0 aliphatic rings. The second kappa shape index (κ2) is 11.4. The quantitative estimate of drug-likeness (QED) is 0.455. The fourth-order valence-corrected chi connectivity index (χ4v) is 1.10. The summed E-state index contributed by atoms with van der Waals surface area (Å²) in [6.45, 7) is 16.0. The molecule has 17 heavy (non-hydrogen) atoms. The Kier molecular flexibility index (Phi) is 12.2. The third-order valence-corrected chi connectivity index (χ3v) is 2.42. The smallest absolute Gasteiger partial charge is 0.162 e. The Morgan fingerprint density at radius 3 is 1.88 bits per heavy atom. The van der Waals surface area contributed by atoms with Gasteiger partial charge in [-0.1, -0.05) is 58.4 Å². The van der Waals surface area contributed by atoms with Crippen LogP contribution in [0.5, 0.6) is 0 Å². The zero-order valence-electron chi connectivity index (χ0n) is 12.4. The van der Waals surface area contributed by atoms with Gasteiger partial charge in [0.2, 0.25) is 0 Å². The van der Waals surface area contributed by atoms with E-state index in [-0.39, 0.29) is 5.78 Å². The molecule has 0 rings (SSSR count). The van der Waals surface area contributed by atoms with Gasteiger partial charge < -0.3 is 0 Å². The van der Waals surface area contributed by atoms with E-state index < -0.39 is 0 Å². The minimum Gasteiger partial charge on any atom is -0.294 e. The molecule has 0 unspecified atom stereocenters. The standard InChI is InChI=1S/C14H22O.C2H6/c1-6-11(4)9-13(14(15)8-3)10-12(5)7-2;1-2/h9-10H,4,6-8H2,1-3,5H3;1-2H3/b12-10+,13-9+;. The highest BCUT2D eigenvalue weighted by molar-refractivity contribution is 5.98. The van der Waals surface area contributed by atoms with E-state index in [0.717, 1.165) is 24.0 Å². The van der Waals surface area contributed by atoms with Crippen LogP contribution < -0.4 is 0 Å². The summed E-state index contributed by atoms with van der Waals surface area (Å²) in [6, 6.07) is 0. The fourth-order valence-electron chi connectivity index (χ4n) is 1.10. The molecule has 1 nitrogen and oxygen atoms in total. The van der Waals surface area contributed by atoms with Crippen LogP contribution >= 0.6 is 0 Å². The monoisotopic (exact) mass is 236 g/mol. The van der Waals surface area contributed by atoms with Gasteiger partial charge in [0.1, 0.15) is 0 Å². The largest absolute Gasteiger partial charge is 0.294 e. The second-order valence-electron chi connectivity index (χ2n) is 3.73. The number of Topliss-reactive ketones (excluding diaryl/α,β-unsaturated/α-hetero) is 1. The molecule has 0 spiro atoms. The van der Waals surface area contributed by atoms with Crippen LogP contribution in [-0.2, 0) is 4.79 Å². The van der Waals surface area contributed by atoms with E-state index in [4.69, 9.17) is 0 Å². The maximum absolute atomic E-state index is 11.7. The summed E-state index contributed by atoms with van der Waals surface area (Å²) < 4.78 is 0. The van der Waals surface area contributed by atoms with Crippen LogP contribution in [0.25, 0.3) is 0 Å². The molecule has 0 aromatic rings. The molecule has 0 amide bonds. The van der Waals surface area contributed by atoms with Crippen molar-refractivity contribution in [2.24, 2.45) is 0 Å². The van der Waals surface area contributed by atoms with Crippen molar-refractivity contribution in [2.75, 3.05) is 0 Å². The molecular formula is C16H28O. The first-order chi connectivity index (χ1) is 8.04. The lowest BCUT2D eigenvalue weighted by atomic mass is 10.0. The molecule has 0 heterocycles. The first kappa shape index (κ1) is 18.3. The van der Waals surface area contributed by atoms with Crippen LogP contribution in [0.3, 0.4) is 0 Å². The van der Waals surface area contributed by atoms with E-state index in [9.17, 15) is 4.79 Å². The van der Waals surface area contributed by atoms with E-state index in [2.05, 4.69) is 13.5 Å². The zero-order chi connectivity index (χ0) is 13.8. The predicted molar refractivity (Wildman–Crippen MR) is 78.2 cm³/mol. The van der Waals surface area contributed by atoms with Gasteiger partial charge >= 0.3 is 0 Å². The van der Waals surface area contributed by atoms with Gasteiger partial charge in [0.05, 0.1) is 0 Å².